The minimum absolute atomic E-state index is 0.398. The Kier molecular flexibility index (Phi) is 4.99. The summed E-state index contributed by atoms with van der Waals surface area (Å²) in [6.45, 7) is 7.52. The second-order valence-corrected chi connectivity index (χ2v) is 6.12. The molecule has 0 fully saturated rings. The number of benzene rings is 1. The van der Waals surface area contributed by atoms with Crippen LogP contribution in [0.1, 0.15) is 38.1 Å². The van der Waals surface area contributed by atoms with Gasteiger partial charge in [-0.05, 0) is 48.8 Å². The van der Waals surface area contributed by atoms with Gasteiger partial charge in [0, 0.05) is 11.0 Å². The number of aromatic nitrogens is 3. The molecule has 0 radical (unpaired) electrons. The van der Waals surface area contributed by atoms with Gasteiger partial charge in [-0.1, -0.05) is 29.8 Å². The Morgan fingerprint density at radius 2 is 2.20 bits per heavy atom. The van der Waals surface area contributed by atoms with Gasteiger partial charge in [0.2, 0.25) is 0 Å². The van der Waals surface area contributed by atoms with Crippen molar-refractivity contribution < 1.29 is 4.74 Å². The van der Waals surface area contributed by atoms with Crippen molar-refractivity contribution in [1.82, 2.24) is 14.8 Å². The fourth-order valence-corrected chi connectivity index (χ4v) is 2.69. The van der Waals surface area contributed by atoms with Gasteiger partial charge in [0.25, 0.3) is 0 Å². The van der Waals surface area contributed by atoms with Crippen LogP contribution in [0.3, 0.4) is 0 Å². The van der Waals surface area contributed by atoms with Crippen LogP contribution in [-0.2, 0) is 13.2 Å². The van der Waals surface area contributed by atoms with Gasteiger partial charge in [-0.3, -0.25) is 5.10 Å². The van der Waals surface area contributed by atoms with Crippen molar-refractivity contribution >= 4 is 28.1 Å². The van der Waals surface area contributed by atoms with Crippen molar-refractivity contribution in [2.24, 2.45) is 0 Å². The van der Waals surface area contributed by atoms with Crippen LogP contribution in [0.2, 0.25) is 0 Å². The summed E-state index contributed by atoms with van der Waals surface area (Å²) in [5.41, 5.74) is 1.18. The summed E-state index contributed by atoms with van der Waals surface area (Å²) in [7, 11) is 0. The number of nitrogens with zero attached hydrogens (tertiary/aromatic N) is 2. The average molecular weight is 356 g/mol. The van der Waals surface area contributed by atoms with Crippen molar-refractivity contribution in [3.8, 4) is 5.75 Å². The van der Waals surface area contributed by atoms with Crippen LogP contribution >= 0.6 is 28.1 Å². The first-order valence-corrected chi connectivity index (χ1v) is 7.79. The molecule has 0 saturated carbocycles. The lowest BCUT2D eigenvalue weighted by atomic mass is 10.0. The molecule has 0 aliphatic rings. The molecule has 6 heteroatoms. The molecule has 1 heterocycles. The van der Waals surface area contributed by atoms with Crippen LogP contribution in [0.4, 0.5) is 0 Å². The SMILES string of the molecule is CCn1c(COc2ccc(Br)cc2C(C)C)n[nH]c1=S. The van der Waals surface area contributed by atoms with E-state index in [0.717, 1.165) is 22.6 Å². The van der Waals surface area contributed by atoms with Crippen LogP contribution < -0.4 is 4.74 Å². The monoisotopic (exact) mass is 355 g/mol. The van der Waals surface area contributed by atoms with E-state index in [1.165, 1.54) is 5.56 Å². The van der Waals surface area contributed by atoms with E-state index in [9.17, 15) is 0 Å². The first-order valence-electron chi connectivity index (χ1n) is 6.59. The van der Waals surface area contributed by atoms with Crippen molar-refractivity contribution in [1.29, 1.82) is 0 Å². The molecule has 0 saturated heterocycles. The summed E-state index contributed by atoms with van der Waals surface area (Å²) in [4.78, 5) is 0. The molecule has 2 aromatic rings. The van der Waals surface area contributed by atoms with Gasteiger partial charge in [-0.15, -0.1) is 0 Å². The summed E-state index contributed by atoms with van der Waals surface area (Å²) in [6, 6.07) is 6.06. The van der Waals surface area contributed by atoms with Gasteiger partial charge >= 0.3 is 0 Å². The summed E-state index contributed by atoms with van der Waals surface area (Å²) < 4.78 is 9.55. The molecule has 108 valence electrons. The Labute approximate surface area is 132 Å². The maximum atomic E-state index is 5.92. The van der Waals surface area contributed by atoms with E-state index in [1.54, 1.807) is 0 Å². The number of hydrogen-bond acceptors (Lipinski definition) is 3. The number of halogens is 1. The van der Waals surface area contributed by atoms with Gasteiger partial charge in [0.1, 0.15) is 12.4 Å². The first-order chi connectivity index (χ1) is 9.52. The summed E-state index contributed by atoms with van der Waals surface area (Å²) >= 11 is 8.67. The topological polar surface area (TPSA) is 42.8 Å². The molecular weight excluding hydrogens is 338 g/mol. The quantitative estimate of drug-likeness (QED) is 0.806. The molecule has 1 aromatic heterocycles. The predicted octanol–water partition coefficient (Wildman–Crippen LogP) is 4.43. The highest BCUT2D eigenvalue weighted by Crippen LogP contribution is 2.30. The maximum absolute atomic E-state index is 5.92. The number of hydrogen-bond donors (Lipinski definition) is 1. The van der Waals surface area contributed by atoms with E-state index in [0.29, 0.717) is 17.3 Å². The molecule has 1 aromatic carbocycles. The fourth-order valence-electron chi connectivity index (χ4n) is 2.03. The largest absolute Gasteiger partial charge is 0.485 e. The summed E-state index contributed by atoms with van der Waals surface area (Å²) in [6.07, 6.45) is 0. The lowest BCUT2D eigenvalue weighted by molar-refractivity contribution is 0.285. The fraction of sp³-hybridized carbons (Fsp3) is 0.429. The maximum Gasteiger partial charge on any atom is 0.195 e. The van der Waals surface area contributed by atoms with E-state index in [2.05, 4.69) is 46.0 Å². The van der Waals surface area contributed by atoms with Crippen molar-refractivity contribution in [2.45, 2.75) is 39.8 Å². The predicted molar refractivity (Wildman–Crippen MR) is 85.6 cm³/mol. The molecule has 0 aliphatic heterocycles. The molecular formula is C14H18BrN3OS. The lowest BCUT2D eigenvalue weighted by Gasteiger charge is -2.14. The zero-order chi connectivity index (χ0) is 14.7. The second-order valence-electron chi connectivity index (χ2n) is 4.81. The molecule has 20 heavy (non-hydrogen) atoms. The highest BCUT2D eigenvalue weighted by atomic mass is 79.9. The number of ether oxygens (including phenoxy) is 1. The third-order valence-corrected chi connectivity index (χ3v) is 3.91. The van der Waals surface area contributed by atoms with E-state index >= 15 is 0 Å². The third kappa shape index (κ3) is 3.30. The minimum atomic E-state index is 0.398. The van der Waals surface area contributed by atoms with Crippen molar-refractivity contribution in [3.63, 3.8) is 0 Å². The Bertz CT molecular complexity index is 648. The van der Waals surface area contributed by atoms with Gasteiger partial charge in [0.05, 0.1) is 0 Å². The summed E-state index contributed by atoms with van der Waals surface area (Å²) in [5.74, 6) is 2.10. The Morgan fingerprint density at radius 3 is 2.85 bits per heavy atom. The van der Waals surface area contributed by atoms with E-state index in [-0.39, 0.29) is 0 Å². The smallest absolute Gasteiger partial charge is 0.195 e. The summed E-state index contributed by atoms with van der Waals surface area (Å²) in [5, 5.41) is 7.00. The number of rotatable bonds is 5. The third-order valence-electron chi connectivity index (χ3n) is 3.10. The standard InChI is InChI=1S/C14H18BrN3OS/c1-4-18-13(16-17-14(18)20)8-19-12-6-5-10(15)7-11(12)9(2)3/h5-7,9H,4,8H2,1-3H3,(H,17,20). The van der Waals surface area contributed by atoms with Crippen molar-refractivity contribution in [3.05, 3.63) is 38.8 Å². The first kappa shape index (κ1) is 15.3. The molecule has 0 unspecified atom stereocenters. The minimum Gasteiger partial charge on any atom is -0.485 e. The average Bonchev–Trinajstić information content (AvgIpc) is 2.77. The number of H-pyrrole nitrogens is 1. The molecule has 4 nitrogen and oxygen atoms in total. The molecule has 0 spiro atoms. The molecule has 2 rings (SSSR count). The highest BCUT2D eigenvalue weighted by molar-refractivity contribution is 9.10. The van der Waals surface area contributed by atoms with E-state index in [4.69, 9.17) is 17.0 Å². The van der Waals surface area contributed by atoms with Gasteiger partial charge in [-0.25, -0.2) is 0 Å². The van der Waals surface area contributed by atoms with E-state index in [1.807, 2.05) is 23.6 Å². The van der Waals surface area contributed by atoms with Gasteiger partial charge < -0.3 is 9.30 Å². The van der Waals surface area contributed by atoms with Crippen LogP contribution in [0.25, 0.3) is 0 Å². The van der Waals surface area contributed by atoms with Gasteiger partial charge in [-0.2, -0.15) is 5.10 Å². The van der Waals surface area contributed by atoms with Crippen molar-refractivity contribution in [2.75, 3.05) is 0 Å². The van der Waals surface area contributed by atoms with Crippen LogP contribution in [-0.4, -0.2) is 14.8 Å². The molecule has 1 N–H and O–H groups in total. The normalized spacial score (nSPS) is 11.1. The van der Waals surface area contributed by atoms with Gasteiger partial charge in [0.15, 0.2) is 10.6 Å². The highest BCUT2D eigenvalue weighted by Gasteiger charge is 2.11. The number of nitrogens with one attached hydrogen (secondary N) is 1. The van der Waals surface area contributed by atoms with Crippen LogP contribution in [0.5, 0.6) is 5.75 Å². The molecule has 0 bridgehead atoms. The van der Waals surface area contributed by atoms with E-state index < -0.39 is 0 Å². The Hall–Kier alpha value is -1.14. The molecule has 0 amide bonds. The van der Waals surface area contributed by atoms with Crippen LogP contribution in [0, 0.1) is 4.77 Å². The number of aromatic amines is 1. The molecule has 0 aliphatic carbocycles. The van der Waals surface area contributed by atoms with Crippen LogP contribution in [0.15, 0.2) is 22.7 Å². The Morgan fingerprint density at radius 1 is 1.45 bits per heavy atom. The lowest BCUT2D eigenvalue weighted by Crippen LogP contribution is -2.07. The Balaban J connectivity index is 2.20. The second kappa shape index (κ2) is 6.54. The molecule has 0 atom stereocenters. The zero-order valence-corrected chi connectivity index (χ0v) is 14.2. The zero-order valence-electron chi connectivity index (χ0n) is 11.8.